The Morgan fingerprint density at radius 3 is 1.75 bits per heavy atom. The van der Waals surface area contributed by atoms with Crippen LogP contribution >= 0.6 is 25.5 Å². The number of hydrogen-bond acceptors (Lipinski definition) is 2. The van der Waals surface area contributed by atoms with Crippen molar-refractivity contribution in [2.75, 3.05) is 0 Å². The molecule has 1 aromatic heterocycles. The lowest BCUT2D eigenvalue weighted by atomic mass is 10.1. The summed E-state index contributed by atoms with van der Waals surface area (Å²) in [6.45, 7) is 6.50. The molecule has 0 atom stereocenters. The minimum atomic E-state index is 0. The Kier molecular flexibility index (Phi) is 7.23. The first-order valence-corrected chi connectivity index (χ1v) is 5.32. The Labute approximate surface area is 80.3 Å². The van der Waals surface area contributed by atoms with Gasteiger partial charge in [-0.2, -0.15) is 4.09 Å². The molecule has 6 heteroatoms. The highest BCUT2D eigenvalue weighted by Gasteiger charge is 2.17. The van der Waals surface area contributed by atoms with Crippen LogP contribution in [0.1, 0.15) is 28.2 Å². The van der Waals surface area contributed by atoms with Crippen molar-refractivity contribution in [3.8, 4) is 0 Å². The number of aromatic nitrogens is 3. The molecule has 12 heavy (non-hydrogen) atoms. The molecule has 0 aliphatic rings. The highest BCUT2D eigenvalue weighted by molar-refractivity contribution is 7.39. The second-order valence-electron chi connectivity index (χ2n) is 2.91. The van der Waals surface area contributed by atoms with Gasteiger partial charge >= 0.3 is 25.5 Å². The van der Waals surface area contributed by atoms with Crippen LogP contribution in [0.5, 0.6) is 0 Å². The van der Waals surface area contributed by atoms with Gasteiger partial charge in [0.05, 0.1) is 5.54 Å². The van der Waals surface area contributed by atoms with E-state index in [0.717, 1.165) is 25.5 Å². The van der Waals surface area contributed by atoms with E-state index in [1.54, 1.807) is 0 Å². The van der Waals surface area contributed by atoms with Gasteiger partial charge in [0.15, 0.2) is 0 Å². The molecule has 0 fully saturated rings. The third-order valence-corrected chi connectivity index (χ3v) is 4.23. The van der Waals surface area contributed by atoms with Crippen LogP contribution in [0, 0.1) is 7.43 Å². The zero-order valence-corrected chi connectivity index (χ0v) is 9.87. The molecule has 0 spiro atoms. The van der Waals surface area contributed by atoms with E-state index in [9.17, 15) is 0 Å². The van der Waals surface area contributed by atoms with Gasteiger partial charge in [0.2, 0.25) is 0 Å². The molecule has 0 aromatic carbocycles. The topological polar surface area (TPSA) is 29.7 Å². The summed E-state index contributed by atoms with van der Waals surface area (Å²) in [5.74, 6) is 0. The molecule has 0 saturated carbocycles. The predicted octanol–water partition coefficient (Wildman–Crippen LogP) is 3.35. The first-order valence-electron chi connectivity index (χ1n) is 2.92. The molecule has 0 bridgehead atoms. The summed E-state index contributed by atoms with van der Waals surface area (Å²) in [5, 5.41) is 0. The van der Waals surface area contributed by atoms with Gasteiger partial charge in [-0.3, -0.25) is 0 Å². The van der Waals surface area contributed by atoms with Crippen molar-refractivity contribution in [1.82, 2.24) is 9.02 Å². The number of rotatable bonds is 0. The van der Waals surface area contributed by atoms with Crippen LogP contribution in [0.15, 0.2) is 0 Å². The van der Waals surface area contributed by atoms with Crippen molar-refractivity contribution < 1.29 is 4.09 Å². The van der Waals surface area contributed by atoms with Crippen molar-refractivity contribution in [1.29, 1.82) is 0 Å². The Hall–Kier alpha value is 0.300. The predicted molar refractivity (Wildman–Crippen MR) is 57.9 cm³/mol. The van der Waals surface area contributed by atoms with E-state index in [0.29, 0.717) is 0 Å². The van der Waals surface area contributed by atoms with Crippen molar-refractivity contribution in [3.05, 3.63) is 7.43 Å². The average molecular weight is 223 g/mol. The van der Waals surface area contributed by atoms with E-state index in [1.165, 1.54) is 0 Å². The Bertz CT molecular complexity index is 209. The Morgan fingerprint density at radius 2 is 1.50 bits per heavy atom. The molecule has 0 radical (unpaired) electrons. The van der Waals surface area contributed by atoms with Crippen molar-refractivity contribution in [3.63, 3.8) is 0 Å². The Morgan fingerprint density at radius 1 is 1.08 bits per heavy atom. The van der Waals surface area contributed by atoms with Crippen LogP contribution in [0.3, 0.4) is 0 Å². The number of nitrogens with zero attached hydrogens (tertiary/aromatic N) is 3. The lowest BCUT2D eigenvalue weighted by Crippen LogP contribution is -2.43. The fourth-order valence-corrected chi connectivity index (χ4v) is 3.10. The molecule has 0 aliphatic heterocycles. The minimum Gasteiger partial charge on any atom is -0.358 e. The normalized spacial score (nSPS) is 11.6. The fourth-order valence-electron chi connectivity index (χ4n) is 0.416. The average Bonchev–Trinajstić information content (AvgIpc) is 1.88. The maximum absolute atomic E-state index is 4.12. The molecule has 0 N–H and O–H groups in total. The van der Waals surface area contributed by atoms with Gasteiger partial charge in [0.1, 0.15) is 0 Å². The zero-order chi connectivity index (χ0) is 7.61. The van der Waals surface area contributed by atoms with Crippen molar-refractivity contribution in [2.45, 2.75) is 33.7 Å². The highest BCUT2D eigenvalue weighted by Crippen LogP contribution is 2.12. The van der Waals surface area contributed by atoms with Crippen LogP contribution in [0.4, 0.5) is 0 Å². The molecule has 0 aliphatic carbocycles. The molecule has 1 heterocycles. The van der Waals surface area contributed by atoms with Gasteiger partial charge in [0.25, 0.3) is 0 Å². The molecule has 1 aromatic rings. The van der Waals surface area contributed by atoms with Gasteiger partial charge in [-0.25, -0.2) is 0 Å². The third-order valence-electron chi connectivity index (χ3n) is 0.929. The summed E-state index contributed by atoms with van der Waals surface area (Å²) < 4.78 is 10.4. The summed E-state index contributed by atoms with van der Waals surface area (Å²) in [7, 11) is 2.97. The lowest BCUT2D eigenvalue weighted by molar-refractivity contribution is -0.627. The van der Waals surface area contributed by atoms with E-state index >= 15 is 0 Å². The lowest BCUT2D eigenvalue weighted by Gasteiger charge is -2.12. The SMILES string of the molecule is C.CC(C)(C)[n+]1pnpnp1.[CH3-]. The van der Waals surface area contributed by atoms with E-state index in [4.69, 9.17) is 0 Å². The molecule has 3 nitrogen and oxygen atoms in total. The summed E-state index contributed by atoms with van der Waals surface area (Å²) in [6.07, 6.45) is 0. The van der Waals surface area contributed by atoms with E-state index in [2.05, 4.69) is 33.9 Å². The zero-order valence-electron chi connectivity index (χ0n) is 7.18. The largest absolute Gasteiger partial charge is 0.358 e. The summed E-state index contributed by atoms with van der Waals surface area (Å²) >= 11 is 0. The van der Waals surface area contributed by atoms with E-state index in [1.807, 2.05) is 0 Å². The van der Waals surface area contributed by atoms with Crippen molar-refractivity contribution in [2.24, 2.45) is 0 Å². The van der Waals surface area contributed by atoms with Crippen molar-refractivity contribution >= 4 is 25.5 Å². The third kappa shape index (κ3) is 4.36. The molecular formula is C6H16N3P3. The standard InChI is InChI=1S/C4H9N3P3.CH4.CH3/c1-4(2,3)7-9-5-8-6-10-7;;/h1-3H3;1H4;1H3/q+1;;-1. The summed E-state index contributed by atoms with van der Waals surface area (Å²) in [6, 6.07) is 0. The molecule has 1 rings (SSSR count). The Balaban J connectivity index is 0. The van der Waals surface area contributed by atoms with Crippen LogP contribution in [-0.4, -0.2) is 9.02 Å². The van der Waals surface area contributed by atoms with Gasteiger partial charge in [-0.1, -0.05) is 7.43 Å². The second-order valence-corrected chi connectivity index (χ2v) is 5.99. The first-order chi connectivity index (χ1) is 4.61. The van der Waals surface area contributed by atoms with Gasteiger partial charge in [-0.05, 0) is 29.8 Å². The molecule has 0 unspecified atom stereocenters. The van der Waals surface area contributed by atoms with Crippen LogP contribution in [0.25, 0.3) is 0 Å². The van der Waals surface area contributed by atoms with Crippen LogP contribution < -0.4 is 4.09 Å². The van der Waals surface area contributed by atoms with E-state index in [-0.39, 0.29) is 20.4 Å². The van der Waals surface area contributed by atoms with Gasteiger partial charge in [0, 0.05) is 0 Å². The minimum absolute atomic E-state index is 0. The molecule has 0 amide bonds. The summed E-state index contributed by atoms with van der Waals surface area (Å²) in [4.78, 5) is 0. The highest BCUT2D eigenvalue weighted by atomic mass is 31.1. The van der Waals surface area contributed by atoms with Crippen LogP contribution in [-0.2, 0) is 5.54 Å². The van der Waals surface area contributed by atoms with Gasteiger partial charge < -0.3 is 7.43 Å². The maximum atomic E-state index is 4.12. The molecular weight excluding hydrogens is 207 g/mol. The second kappa shape index (κ2) is 5.86. The van der Waals surface area contributed by atoms with Gasteiger partial charge in [-0.15, -0.1) is 0 Å². The molecule has 70 valence electrons. The maximum Gasteiger partial charge on any atom is 0.356 e. The van der Waals surface area contributed by atoms with Crippen LogP contribution in [0.2, 0.25) is 0 Å². The van der Waals surface area contributed by atoms with E-state index < -0.39 is 0 Å². The summed E-state index contributed by atoms with van der Waals surface area (Å²) in [5.41, 5.74) is 0.187. The smallest absolute Gasteiger partial charge is 0.356 e. The number of hydrogen-bond donors (Lipinski definition) is 0. The molecule has 0 saturated heterocycles. The fraction of sp³-hybridized carbons (Fsp3) is 0.833. The monoisotopic (exact) mass is 223 g/mol. The quantitative estimate of drug-likeness (QED) is 0.631. The first kappa shape index (κ1) is 14.8.